The lowest BCUT2D eigenvalue weighted by Gasteiger charge is -2.25. The molecule has 11 heavy (non-hydrogen) atoms. The summed E-state index contributed by atoms with van der Waals surface area (Å²) in [7, 11) is 0. The van der Waals surface area contributed by atoms with Gasteiger partial charge in [0, 0.05) is 33.1 Å². The van der Waals surface area contributed by atoms with Gasteiger partial charge >= 0.3 is 0 Å². The SMILES string of the molecule is CC.CC(=O)N1CCNCC1. The zero-order valence-corrected chi connectivity index (χ0v) is 7.68. The number of piperazine rings is 1. The van der Waals surface area contributed by atoms with Crippen molar-refractivity contribution in [3.63, 3.8) is 0 Å². The van der Waals surface area contributed by atoms with E-state index in [-0.39, 0.29) is 5.91 Å². The molecule has 1 aliphatic rings. The van der Waals surface area contributed by atoms with Crippen molar-refractivity contribution in [3.8, 4) is 0 Å². The van der Waals surface area contributed by atoms with Gasteiger partial charge in [-0.15, -0.1) is 0 Å². The first kappa shape index (κ1) is 10.4. The summed E-state index contributed by atoms with van der Waals surface area (Å²) >= 11 is 0. The fourth-order valence-electron chi connectivity index (χ4n) is 0.980. The van der Waals surface area contributed by atoms with Crippen LogP contribution in [-0.4, -0.2) is 37.0 Å². The van der Waals surface area contributed by atoms with Crippen molar-refractivity contribution in [1.29, 1.82) is 0 Å². The Labute approximate surface area is 68.8 Å². The van der Waals surface area contributed by atoms with E-state index in [9.17, 15) is 4.79 Å². The molecule has 1 fully saturated rings. The fraction of sp³-hybridized carbons (Fsp3) is 0.875. The predicted octanol–water partition coefficient (Wildman–Crippen LogP) is 0.464. The second-order valence-corrected chi connectivity index (χ2v) is 2.26. The number of hydrogen-bond donors (Lipinski definition) is 1. The van der Waals surface area contributed by atoms with Crippen LogP contribution < -0.4 is 5.32 Å². The molecule has 0 spiro atoms. The van der Waals surface area contributed by atoms with Crippen LogP contribution in [0.25, 0.3) is 0 Å². The number of nitrogens with zero attached hydrogens (tertiary/aromatic N) is 1. The number of nitrogens with one attached hydrogen (secondary N) is 1. The Bertz CT molecular complexity index is 109. The maximum absolute atomic E-state index is 10.7. The van der Waals surface area contributed by atoms with Gasteiger partial charge in [0.25, 0.3) is 0 Å². The number of carbonyl (C=O) groups is 1. The summed E-state index contributed by atoms with van der Waals surface area (Å²) in [6.45, 7) is 9.25. The molecular formula is C8H18N2O. The minimum Gasteiger partial charge on any atom is -0.340 e. The number of hydrogen-bond acceptors (Lipinski definition) is 2. The lowest BCUT2D eigenvalue weighted by molar-refractivity contribution is -0.129. The molecule has 3 heteroatoms. The van der Waals surface area contributed by atoms with Gasteiger partial charge in [-0.2, -0.15) is 0 Å². The molecule has 1 rings (SSSR count). The van der Waals surface area contributed by atoms with Crippen molar-refractivity contribution in [3.05, 3.63) is 0 Å². The normalized spacial score (nSPS) is 16.8. The van der Waals surface area contributed by atoms with E-state index in [1.165, 1.54) is 0 Å². The molecular weight excluding hydrogens is 140 g/mol. The number of carbonyl (C=O) groups excluding carboxylic acids is 1. The molecule has 3 nitrogen and oxygen atoms in total. The number of amides is 1. The molecule has 1 amide bonds. The highest BCUT2D eigenvalue weighted by atomic mass is 16.2. The van der Waals surface area contributed by atoms with E-state index in [0.29, 0.717) is 0 Å². The van der Waals surface area contributed by atoms with E-state index in [2.05, 4.69) is 5.32 Å². The molecule has 0 aromatic rings. The molecule has 0 saturated carbocycles. The average molecular weight is 158 g/mol. The van der Waals surface area contributed by atoms with Gasteiger partial charge in [-0.25, -0.2) is 0 Å². The topological polar surface area (TPSA) is 32.3 Å². The zero-order valence-electron chi connectivity index (χ0n) is 7.68. The van der Waals surface area contributed by atoms with Crippen molar-refractivity contribution >= 4 is 5.91 Å². The van der Waals surface area contributed by atoms with Crippen molar-refractivity contribution in [2.45, 2.75) is 20.8 Å². The van der Waals surface area contributed by atoms with Crippen LogP contribution in [-0.2, 0) is 4.79 Å². The van der Waals surface area contributed by atoms with Crippen molar-refractivity contribution in [2.24, 2.45) is 0 Å². The summed E-state index contributed by atoms with van der Waals surface area (Å²) in [5, 5.41) is 3.18. The van der Waals surface area contributed by atoms with Gasteiger partial charge in [0.15, 0.2) is 0 Å². The summed E-state index contributed by atoms with van der Waals surface area (Å²) < 4.78 is 0. The van der Waals surface area contributed by atoms with Gasteiger partial charge in [-0.05, 0) is 0 Å². The van der Waals surface area contributed by atoms with E-state index in [1.54, 1.807) is 6.92 Å². The third-order valence-corrected chi connectivity index (χ3v) is 1.56. The van der Waals surface area contributed by atoms with Crippen LogP contribution in [0.2, 0.25) is 0 Å². The van der Waals surface area contributed by atoms with Gasteiger partial charge < -0.3 is 10.2 Å². The highest BCUT2D eigenvalue weighted by molar-refractivity contribution is 5.73. The second kappa shape index (κ2) is 6.16. The largest absolute Gasteiger partial charge is 0.340 e. The van der Waals surface area contributed by atoms with E-state index in [4.69, 9.17) is 0 Å². The average Bonchev–Trinajstić information content (AvgIpc) is 2.10. The van der Waals surface area contributed by atoms with Gasteiger partial charge in [0.1, 0.15) is 0 Å². The Kier molecular flexibility index (Phi) is 5.84. The van der Waals surface area contributed by atoms with Crippen LogP contribution >= 0.6 is 0 Å². The third-order valence-electron chi connectivity index (χ3n) is 1.56. The monoisotopic (exact) mass is 158 g/mol. The zero-order chi connectivity index (χ0) is 8.69. The number of rotatable bonds is 0. The van der Waals surface area contributed by atoms with Crippen LogP contribution in [0.5, 0.6) is 0 Å². The summed E-state index contributed by atoms with van der Waals surface area (Å²) in [4.78, 5) is 12.6. The predicted molar refractivity (Wildman–Crippen MR) is 46.5 cm³/mol. The van der Waals surface area contributed by atoms with E-state index in [0.717, 1.165) is 26.2 Å². The van der Waals surface area contributed by atoms with Gasteiger partial charge in [-0.1, -0.05) is 13.8 Å². The van der Waals surface area contributed by atoms with Crippen LogP contribution in [0, 0.1) is 0 Å². The molecule has 66 valence electrons. The van der Waals surface area contributed by atoms with E-state index in [1.807, 2.05) is 18.7 Å². The molecule has 0 radical (unpaired) electrons. The first-order valence-electron chi connectivity index (χ1n) is 4.27. The maximum atomic E-state index is 10.7. The quantitative estimate of drug-likeness (QED) is 0.555. The first-order valence-corrected chi connectivity index (χ1v) is 4.27. The Balaban J connectivity index is 0.000000461. The molecule has 1 aliphatic heterocycles. The Morgan fingerprint density at radius 1 is 1.27 bits per heavy atom. The standard InChI is InChI=1S/C6H12N2O.C2H6/c1-6(9)8-4-2-7-3-5-8;1-2/h7H,2-5H2,1H3;1-2H3. The molecule has 1 saturated heterocycles. The van der Waals surface area contributed by atoms with Crippen LogP contribution in [0.4, 0.5) is 0 Å². The molecule has 0 aromatic carbocycles. The van der Waals surface area contributed by atoms with Crippen molar-refractivity contribution in [2.75, 3.05) is 26.2 Å². The molecule has 1 heterocycles. The lowest BCUT2D eigenvalue weighted by Crippen LogP contribution is -2.45. The van der Waals surface area contributed by atoms with Crippen molar-refractivity contribution < 1.29 is 4.79 Å². The molecule has 0 aromatic heterocycles. The van der Waals surface area contributed by atoms with Crippen LogP contribution in [0.15, 0.2) is 0 Å². The first-order chi connectivity index (χ1) is 5.30. The Hall–Kier alpha value is -0.570. The molecule has 0 atom stereocenters. The van der Waals surface area contributed by atoms with Crippen molar-refractivity contribution in [1.82, 2.24) is 10.2 Å². The third kappa shape index (κ3) is 3.98. The Morgan fingerprint density at radius 3 is 2.00 bits per heavy atom. The summed E-state index contributed by atoms with van der Waals surface area (Å²) in [6, 6.07) is 0. The highest BCUT2D eigenvalue weighted by Crippen LogP contribution is 1.90. The molecule has 0 bridgehead atoms. The summed E-state index contributed by atoms with van der Waals surface area (Å²) in [5.41, 5.74) is 0. The molecule has 0 aliphatic carbocycles. The van der Waals surface area contributed by atoms with Gasteiger partial charge in [-0.3, -0.25) is 4.79 Å². The summed E-state index contributed by atoms with van der Waals surface area (Å²) in [5.74, 6) is 0.191. The highest BCUT2D eigenvalue weighted by Gasteiger charge is 2.10. The minimum absolute atomic E-state index is 0.191. The lowest BCUT2D eigenvalue weighted by atomic mass is 10.4. The van der Waals surface area contributed by atoms with Crippen LogP contribution in [0.1, 0.15) is 20.8 Å². The van der Waals surface area contributed by atoms with Gasteiger partial charge in [0.2, 0.25) is 5.91 Å². The fourth-order valence-corrected chi connectivity index (χ4v) is 0.980. The Morgan fingerprint density at radius 2 is 1.73 bits per heavy atom. The van der Waals surface area contributed by atoms with E-state index < -0.39 is 0 Å². The van der Waals surface area contributed by atoms with Gasteiger partial charge in [0.05, 0.1) is 0 Å². The smallest absolute Gasteiger partial charge is 0.219 e. The molecule has 1 N–H and O–H groups in total. The maximum Gasteiger partial charge on any atom is 0.219 e. The van der Waals surface area contributed by atoms with E-state index >= 15 is 0 Å². The van der Waals surface area contributed by atoms with Crippen LogP contribution in [0.3, 0.4) is 0 Å². The minimum atomic E-state index is 0.191. The molecule has 0 unspecified atom stereocenters. The second-order valence-electron chi connectivity index (χ2n) is 2.26. The summed E-state index contributed by atoms with van der Waals surface area (Å²) in [6.07, 6.45) is 0.